The molecule has 158 valence electrons. The predicted molar refractivity (Wildman–Crippen MR) is 109 cm³/mol. The molecule has 0 unspecified atom stereocenters. The van der Waals surface area contributed by atoms with Gasteiger partial charge < -0.3 is 20.1 Å². The number of benzene rings is 1. The summed E-state index contributed by atoms with van der Waals surface area (Å²) in [5, 5.41) is 8.54. The van der Waals surface area contributed by atoms with Crippen LogP contribution in [0.5, 0.6) is 5.75 Å². The van der Waals surface area contributed by atoms with Crippen molar-refractivity contribution in [1.29, 1.82) is 5.41 Å². The maximum Gasteiger partial charge on any atom is 0.265 e. The maximum absolute atomic E-state index is 13.8. The molecule has 1 aromatic heterocycles. The Hall–Kier alpha value is -2.81. The molecule has 3 rings (SSSR count). The molecule has 0 aliphatic carbocycles. The molecule has 0 amide bonds. The summed E-state index contributed by atoms with van der Waals surface area (Å²) in [5.41, 5.74) is 7.27. The maximum atomic E-state index is 13.8. The minimum atomic E-state index is -2.74. The van der Waals surface area contributed by atoms with Crippen LogP contribution < -0.4 is 15.4 Å². The quantitative estimate of drug-likeness (QED) is 0.540. The van der Waals surface area contributed by atoms with Crippen LogP contribution in [0.1, 0.15) is 32.4 Å². The molecule has 1 aliphatic rings. The lowest BCUT2D eigenvalue weighted by atomic mass is 10.0. The van der Waals surface area contributed by atoms with Crippen LogP contribution in [0.3, 0.4) is 0 Å². The van der Waals surface area contributed by atoms with Gasteiger partial charge in [0.25, 0.3) is 5.92 Å². The third-order valence-electron chi connectivity index (χ3n) is 4.66. The molecule has 1 saturated heterocycles. The smallest absolute Gasteiger partial charge is 0.265 e. The van der Waals surface area contributed by atoms with Gasteiger partial charge in [-0.3, -0.25) is 5.41 Å². The third-order valence-corrected chi connectivity index (χ3v) is 4.66. The van der Waals surface area contributed by atoms with Crippen LogP contribution in [-0.4, -0.2) is 54.5 Å². The largest absolute Gasteiger partial charge is 0.488 e. The standard InChI is InChI=1S/C20H25F2N5O2.H2/c1-13(10-28-2)29-14-4-5-16(23)15(8-14)19(24)17-9-18(26-12-25-17)27-7-3-6-20(21,22)11-27;/h4-5,8-9,12-13,24H,3,6-7,10-11,23H2,1-2H3;1H/t13-;/m0./s1. The van der Waals surface area contributed by atoms with Crippen LogP contribution in [0.4, 0.5) is 20.3 Å². The molecule has 2 heterocycles. The topological polar surface area (TPSA) is 97.4 Å². The van der Waals surface area contributed by atoms with Gasteiger partial charge in [-0.25, -0.2) is 18.7 Å². The summed E-state index contributed by atoms with van der Waals surface area (Å²) in [5.74, 6) is -1.82. The first kappa shape index (κ1) is 20.9. The van der Waals surface area contributed by atoms with E-state index < -0.39 is 5.92 Å². The minimum Gasteiger partial charge on any atom is -0.488 e. The van der Waals surface area contributed by atoms with E-state index in [9.17, 15) is 8.78 Å². The Balaban J connectivity index is 0.00000320. The fourth-order valence-electron chi connectivity index (χ4n) is 3.28. The molecule has 0 bridgehead atoms. The van der Waals surface area contributed by atoms with Gasteiger partial charge >= 0.3 is 0 Å². The Bertz CT molecular complexity index is 884. The van der Waals surface area contributed by atoms with Gasteiger partial charge in [-0.05, 0) is 31.5 Å². The van der Waals surface area contributed by atoms with Crippen LogP contribution >= 0.6 is 0 Å². The molecule has 1 aliphatic heterocycles. The lowest BCUT2D eigenvalue weighted by molar-refractivity contribution is -0.0118. The number of anilines is 2. The Labute approximate surface area is 169 Å². The van der Waals surface area contributed by atoms with Gasteiger partial charge in [0.1, 0.15) is 24.0 Å². The van der Waals surface area contributed by atoms with Gasteiger partial charge in [-0.15, -0.1) is 0 Å². The number of nitrogen functional groups attached to an aromatic ring is 1. The zero-order chi connectivity index (χ0) is 21.0. The summed E-state index contributed by atoms with van der Waals surface area (Å²) in [4.78, 5) is 9.79. The molecular weight excluding hydrogens is 380 g/mol. The molecule has 1 fully saturated rings. The molecule has 0 radical (unpaired) electrons. The van der Waals surface area contributed by atoms with E-state index in [0.29, 0.717) is 48.1 Å². The van der Waals surface area contributed by atoms with Crippen molar-refractivity contribution in [1.82, 2.24) is 9.97 Å². The first-order chi connectivity index (χ1) is 13.8. The van der Waals surface area contributed by atoms with E-state index in [1.807, 2.05) is 6.92 Å². The van der Waals surface area contributed by atoms with E-state index in [1.165, 1.54) is 11.2 Å². The van der Waals surface area contributed by atoms with Crippen molar-refractivity contribution in [3.63, 3.8) is 0 Å². The van der Waals surface area contributed by atoms with Crippen LogP contribution in [0, 0.1) is 5.41 Å². The summed E-state index contributed by atoms with van der Waals surface area (Å²) >= 11 is 0. The van der Waals surface area contributed by atoms with E-state index in [2.05, 4.69) is 9.97 Å². The van der Waals surface area contributed by atoms with Crippen LogP contribution in [0.2, 0.25) is 0 Å². The zero-order valence-corrected chi connectivity index (χ0v) is 16.5. The molecule has 1 aromatic carbocycles. The van der Waals surface area contributed by atoms with E-state index in [1.54, 1.807) is 31.4 Å². The van der Waals surface area contributed by atoms with Crippen LogP contribution in [-0.2, 0) is 4.74 Å². The molecule has 0 spiro atoms. The number of hydrogen-bond donors (Lipinski definition) is 2. The van der Waals surface area contributed by atoms with E-state index in [0.717, 1.165) is 0 Å². The number of ether oxygens (including phenoxy) is 2. The highest BCUT2D eigenvalue weighted by molar-refractivity contribution is 6.13. The summed E-state index contributed by atoms with van der Waals surface area (Å²) in [6.07, 6.45) is 1.37. The van der Waals surface area contributed by atoms with E-state index in [-0.39, 0.29) is 26.2 Å². The first-order valence-corrected chi connectivity index (χ1v) is 9.38. The minimum absolute atomic E-state index is 0. The predicted octanol–water partition coefficient (Wildman–Crippen LogP) is 3.37. The number of methoxy groups -OCH3 is 1. The number of nitrogens with zero attached hydrogens (tertiary/aromatic N) is 3. The lowest BCUT2D eigenvalue weighted by Crippen LogP contribution is -2.43. The fraction of sp³-hybridized carbons (Fsp3) is 0.450. The summed E-state index contributed by atoms with van der Waals surface area (Å²) in [6, 6.07) is 6.59. The van der Waals surface area contributed by atoms with Gasteiger partial charge in [-0.1, -0.05) is 0 Å². The van der Waals surface area contributed by atoms with Crippen molar-refractivity contribution >= 4 is 17.2 Å². The highest BCUT2D eigenvalue weighted by Crippen LogP contribution is 2.30. The lowest BCUT2D eigenvalue weighted by Gasteiger charge is -2.33. The summed E-state index contributed by atoms with van der Waals surface area (Å²) in [7, 11) is 1.59. The molecule has 29 heavy (non-hydrogen) atoms. The second kappa shape index (κ2) is 8.69. The van der Waals surface area contributed by atoms with Crippen molar-refractivity contribution in [2.45, 2.75) is 31.8 Å². The molecule has 3 N–H and O–H groups in total. The molecule has 7 nitrogen and oxygen atoms in total. The molecule has 9 heteroatoms. The SMILES string of the molecule is COC[C@H](C)Oc1ccc(N)c(C(=N)c2cc(N3CCCC(F)(F)C3)ncn2)c1.[HH]. The number of rotatable bonds is 7. The molecule has 1 atom stereocenters. The normalized spacial score (nSPS) is 17.0. The second-order valence-corrected chi connectivity index (χ2v) is 7.15. The highest BCUT2D eigenvalue weighted by Gasteiger charge is 2.35. The summed E-state index contributed by atoms with van der Waals surface area (Å²) < 4.78 is 38.3. The second-order valence-electron chi connectivity index (χ2n) is 7.15. The Morgan fingerprint density at radius 3 is 2.90 bits per heavy atom. The fourth-order valence-corrected chi connectivity index (χ4v) is 3.28. The average molecular weight is 407 g/mol. The number of halogens is 2. The Kier molecular flexibility index (Phi) is 6.26. The molecule has 0 saturated carbocycles. The van der Waals surface area contributed by atoms with Gasteiger partial charge in [0.05, 0.1) is 24.6 Å². The Morgan fingerprint density at radius 1 is 1.38 bits per heavy atom. The van der Waals surface area contributed by atoms with Gasteiger partial charge in [0.15, 0.2) is 0 Å². The van der Waals surface area contributed by atoms with Crippen molar-refractivity contribution in [3.8, 4) is 5.75 Å². The first-order valence-electron chi connectivity index (χ1n) is 9.38. The van der Waals surface area contributed by atoms with E-state index >= 15 is 0 Å². The third kappa shape index (κ3) is 5.17. The highest BCUT2D eigenvalue weighted by atomic mass is 19.3. The van der Waals surface area contributed by atoms with Crippen molar-refractivity contribution in [2.75, 3.05) is 37.4 Å². The molecule has 2 aromatic rings. The van der Waals surface area contributed by atoms with Crippen LogP contribution in [0.25, 0.3) is 0 Å². The van der Waals surface area contributed by atoms with E-state index in [4.69, 9.17) is 20.6 Å². The number of nitrogens with one attached hydrogen (secondary N) is 1. The van der Waals surface area contributed by atoms with Gasteiger partial charge in [-0.2, -0.15) is 0 Å². The van der Waals surface area contributed by atoms with Crippen molar-refractivity contribution < 1.29 is 19.7 Å². The number of hydrogen-bond acceptors (Lipinski definition) is 7. The average Bonchev–Trinajstić information content (AvgIpc) is 2.68. The Morgan fingerprint density at radius 2 is 2.17 bits per heavy atom. The van der Waals surface area contributed by atoms with Gasteiger partial charge in [0.2, 0.25) is 0 Å². The molecular formula is C20H27F2N5O2. The number of nitrogens with two attached hydrogens (primary N) is 1. The number of piperidine rings is 1. The number of aromatic nitrogens is 2. The zero-order valence-electron chi connectivity index (χ0n) is 16.5. The summed E-state index contributed by atoms with van der Waals surface area (Å²) in [6.45, 7) is 2.39. The number of alkyl halides is 2. The van der Waals surface area contributed by atoms with Crippen LogP contribution in [0.15, 0.2) is 30.6 Å². The van der Waals surface area contributed by atoms with Gasteiger partial charge in [0, 0.05) is 38.8 Å². The van der Waals surface area contributed by atoms with Crippen molar-refractivity contribution in [3.05, 3.63) is 41.9 Å². The monoisotopic (exact) mass is 407 g/mol. The van der Waals surface area contributed by atoms with Crippen molar-refractivity contribution in [2.24, 2.45) is 0 Å².